The molecule has 30 heavy (non-hydrogen) atoms. The highest BCUT2D eigenvalue weighted by Gasteiger charge is 2.30. The summed E-state index contributed by atoms with van der Waals surface area (Å²) in [5.41, 5.74) is 1.07. The lowest BCUT2D eigenvalue weighted by atomic mass is 10.2. The number of hydrogen-bond donors (Lipinski definition) is 1. The fourth-order valence-corrected chi connectivity index (χ4v) is 4.61. The number of aromatic nitrogens is 1. The summed E-state index contributed by atoms with van der Waals surface area (Å²) in [5, 5.41) is 2.80. The van der Waals surface area contributed by atoms with Gasteiger partial charge in [0.1, 0.15) is 16.5 Å². The number of carbonyl (C=O) groups excluding carboxylic acids is 1. The molecule has 9 nitrogen and oxygen atoms in total. The van der Waals surface area contributed by atoms with Crippen LogP contribution in [0.3, 0.4) is 0 Å². The van der Waals surface area contributed by atoms with Crippen molar-refractivity contribution in [1.29, 1.82) is 0 Å². The standard InChI is InChI=1S/C20H26N4O5S/c1-23(2)19-7-4-15(13-21-19)14-22-20(25)16-5-6-17(28-3)18(12-16)30(26,27)24-8-10-29-11-9-24/h4-7,12-13H,8-11,14H2,1-3H3,(H,22,25). The van der Waals surface area contributed by atoms with Crippen molar-refractivity contribution in [2.45, 2.75) is 11.4 Å². The van der Waals surface area contributed by atoms with Crippen LogP contribution in [0.4, 0.5) is 5.82 Å². The predicted octanol–water partition coefficient (Wildman–Crippen LogP) is 1.11. The highest BCUT2D eigenvalue weighted by molar-refractivity contribution is 7.89. The molecule has 2 aromatic rings. The maximum atomic E-state index is 13.1. The molecule has 0 bridgehead atoms. The van der Waals surface area contributed by atoms with E-state index in [2.05, 4.69) is 10.3 Å². The summed E-state index contributed by atoms with van der Waals surface area (Å²) >= 11 is 0. The average molecular weight is 435 g/mol. The molecular formula is C20H26N4O5S. The van der Waals surface area contributed by atoms with Crippen LogP contribution < -0.4 is 15.0 Å². The monoisotopic (exact) mass is 434 g/mol. The van der Waals surface area contributed by atoms with E-state index >= 15 is 0 Å². The van der Waals surface area contributed by atoms with E-state index in [-0.39, 0.29) is 41.7 Å². The Hall–Kier alpha value is -2.69. The smallest absolute Gasteiger partial charge is 0.251 e. The molecule has 1 N–H and O–H groups in total. The quantitative estimate of drug-likeness (QED) is 0.697. The van der Waals surface area contributed by atoms with Crippen molar-refractivity contribution in [2.24, 2.45) is 0 Å². The van der Waals surface area contributed by atoms with Crippen molar-refractivity contribution >= 4 is 21.7 Å². The van der Waals surface area contributed by atoms with Crippen LogP contribution in [0.1, 0.15) is 15.9 Å². The summed E-state index contributed by atoms with van der Waals surface area (Å²) in [5.74, 6) is 0.632. The number of methoxy groups -OCH3 is 1. The van der Waals surface area contributed by atoms with Crippen LogP contribution in [0.2, 0.25) is 0 Å². The molecule has 1 amide bonds. The number of carbonyl (C=O) groups is 1. The largest absolute Gasteiger partial charge is 0.495 e. The van der Waals surface area contributed by atoms with Crippen molar-refractivity contribution in [3.63, 3.8) is 0 Å². The van der Waals surface area contributed by atoms with Crippen molar-refractivity contribution < 1.29 is 22.7 Å². The molecule has 1 aliphatic heterocycles. The SMILES string of the molecule is COc1ccc(C(=O)NCc2ccc(N(C)C)nc2)cc1S(=O)(=O)N1CCOCC1. The van der Waals surface area contributed by atoms with E-state index in [1.807, 2.05) is 31.1 Å². The first-order valence-corrected chi connectivity index (χ1v) is 10.9. The van der Waals surface area contributed by atoms with Crippen molar-refractivity contribution in [3.05, 3.63) is 47.7 Å². The molecule has 10 heteroatoms. The molecule has 2 heterocycles. The van der Waals surface area contributed by atoms with Gasteiger partial charge < -0.3 is 19.7 Å². The van der Waals surface area contributed by atoms with E-state index in [1.54, 1.807) is 12.3 Å². The summed E-state index contributed by atoms with van der Waals surface area (Å²) in [6.07, 6.45) is 1.69. The summed E-state index contributed by atoms with van der Waals surface area (Å²) in [7, 11) is 1.39. The van der Waals surface area contributed by atoms with Gasteiger partial charge in [-0.1, -0.05) is 6.07 Å². The van der Waals surface area contributed by atoms with Gasteiger partial charge in [0, 0.05) is 45.5 Å². The van der Waals surface area contributed by atoms with E-state index in [9.17, 15) is 13.2 Å². The Balaban J connectivity index is 1.77. The number of nitrogens with one attached hydrogen (secondary N) is 1. The Labute approximate surface area is 176 Å². The first kappa shape index (κ1) is 22.0. The first-order valence-electron chi connectivity index (χ1n) is 9.49. The Kier molecular flexibility index (Phi) is 6.91. The van der Waals surface area contributed by atoms with Crippen LogP contribution in [0.25, 0.3) is 0 Å². The number of rotatable bonds is 7. The lowest BCUT2D eigenvalue weighted by Gasteiger charge is -2.26. The second kappa shape index (κ2) is 9.41. The number of sulfonamides is 1. The molecule has 0 radical (unpaired) electrons. The molecule has 0 unspecified atom stereocenters. The van der Waals surface area contributed by atoms with Gasteiger partial charge in [-0.05, 0) is 29.8 Å². The van der Waals surface area contributed by atoms with Crippen molar-refractivity contribution in [3.8, 4) is 5.75 Å². The Morgan fingerprint density at radius 2 is 1.97 bits per heavy atom. The maximum absolute atomic E-state index is 13.1. The van der Waals surface area contributed by atoms with Gasteiger partial charge in [0.05, 0.1) is 20.3 Å². The molecule has 1 aromatic carbocycles. The van der Waals surface area contributed by atoms with Crippen LogP contribution in [0.15, 0.2) is 41.4 Å². The Morgan fingerprint density at radius 1 is 1.23 bits per heavy atom. The summed E-state index contributed by atoms with van der Waals surface area (Å²) in [4.78, 5) is 18.8. The number of hydrogen-bond acceptors (Lipinski definition) is 7. The molecule has 3 rings (SSSR count). The molecule has 0 saturated carbocycles. The number of ether oxygens (including phenoxy) is 2. The predicted molar refractivity (Wildman–Crippen MR) is 112 cm³/mol. The van der Waals surface area contributed by atoms with Gasteiger partial charge in [0.15, 0.2) is 0 Å². The van der Waals surface area contributed by atoms with Gasteiger partial charge in [0.25, 0.3) is 5.91 Å². The highest BCUT2D eigenvalue weighted by atomic mass is 32.2. The average Bonchev–Trinajstić information content (AvgIpc) is 2.77. The third kappa shape index (κ3) is 4.89. The van der Waals surface area contributed by atoms with Gasteiger partial charge >= 0.3 is 0 Å². The van der Waals surface area contributed by atoms with Gasteiger partial charge in [-0.2, -0.15) is 4.31 Å². The molecule has 1 aromatic heterocycles. The van der Waals surface area contributed by atoms with E-state index in [0.29, 0.717) is 13.2 Å². The fraction of sp³-hybridized carbons (Fsp3) is 0.400. The fourth-order valence-electron chi connectivity index (χ4n) is 3.02. The number of anilines is 1. The van der Waals surface area contributed by atoms with Crippen LogP contribution >= 0.6 is 0 Å². The molecular weight excluding hydrogens is 408 g/mol. The summed E-state index contributed by atoms with van der Waals surface area (Å²) < 4.78 is 37.9. The number of nitrogens with zero attached hydrogens (tertiary/aromatic N) is 3. The van der Waals surface area contributed by atoms with E-state index in [4.69, 9.17) is 9.47 Å². The number of benzene rings is 1. The normalized spacial score (nSPS) is 14.9. The van der Waals surface area contributed by atoms with Gasteiger partial charge in [0.2, 0.25) is 10.0 Å². The zero-order valence-corrected chi connectivity index (χ0v) is 18.1. The Bertz CT molecular complexity index is 987. The van der Waals surface area contributed by atoms with Crippen molar-refractivity contribution in [2.75, 3.05) is 52.4 Å². The minimum absolute atomic E-state index is 0.0310. The maximum Gasteiger partial charge on any atom is 0.251 e. The number of pyridine rings is 1. The van der Waals surface area contributed by atoms with E-state index < -0.39 is 10.0 Å². The summed E-state index contributed by atoms with van der Waals surface area (Å²) in [6.45, 7) is 1.47. The minimum atomic E-state index is -3.81. The second-order valence-corrected chi connectivity index (χ2v) is 8.89. The topological polar surface area (TPSA) is 101 Å². The zero-order chi connectivity index (χ0) is 21.7. The first-order chi connectivity index (χ1) is 14.3. The van der Waals surface area contributed by atoms with Gasteiger partial charge in [-0.15, -0.1) is 0 Å². The number of amides is 1. The van der Waals surface area contributed by atoms with Gasteiger partial charge in [-0.25, -0.2) is 13.4 Å². The molecule has 0 spiro atoms. The minimum Gasteiger partial charge on any atom is -0.495 e. The van der Waals surface area contributed by atoms with Crippen LogP contribution in [-0.4, -0.2) is 71.1 Å². The molecule has 1 fully saturated rings. The lowest BCUT2D eigenvalue weighted by molar-refractivity contribution is 0.0729. The molecule has 162 valence electrons. The van der Waals surface area contributed by atoms with Crippen LogP contribution in [0.5, 0.6) is 5.75 Å². The van der Waals surface area contributed by atoms with E-state index in [0.717, 1.165) is 11.4 Å². The molecule has 0 aliphatic carbocycles. The van der Waals surface area contributed by atoms with E-state index in [1.165, 1.54) is 23.5 Å². The summed E-state index contributed by atoms with van der Waals surface area (Å²) in [6, 6.07) is 8.13. The van der Waals surface area contributed by atoms with Crippen LogP contribution in [0, 0.1) is 0 Å². The Morgan fingerprint density at radius 3 is 2.57 bits per heavy atom. The van der Waals surface area contributed by atoms with Crippen molar-refractivity contribution in [1.82, 2.24) is 14.6 Å². The lowest BCUT2D eigenvalue weighted by Crippen LogP contribution is -2.40. The third-order valence-electron chi connectivity index (χ3n) is 4.73. The molecule has 1 saturated heterocycles. The van der Waals surface area contributed by atoms with Crippen LogP contribution in [-0.2, 0) is 21.3 Å². The third-order valence-corrected chi connectivity index (χ3v) is 6.65. The highest BCUT2D eigenvalue weighted by Crippen LogP contribution is 2.28. The second-order valence-electron chi connectivity index (χ2n) is 6.98. The van der Waals surface area contributed by atoms with Gasteiger partial charge in [-0.3, -0.25) is 4.79 Å². The zero-order valence-electron chi connectivity index (χ0n) is 17.3. The number of morpholine rings is 1. The molecule has 0 atom stereocenters. The molecule has 1 aliphatic rings.